The summed E-state index contributed by atoms with van der Waals surface area (Å²) in [4.78, 5) is 17.5. The molecular formula is C31H25N5O3S. The van der Waals surface area contributed by atoms with Crippen LogP contribution in [0.15, 0.2) is 116 Å². The van der Waals surface area contributed by atoms with E-state index in [1.54, 1.807) is 18.3 Å². The fraction of sp³-hybridized carbons (Fsp3) is 0.0968. The number of aromatic nitrogens is 2. The molecule has 1 N–H and O–H groups in total. The monoisotopic (exact) mass is 547 g/mol. The van der Waals surface area contributed by atoms with Crippen LogP contribution in [0.25, 0.3) is 5.69 Å². The number of nitrogens with one attached hydrogen (secondary N) is 1. The molecule has 1 aliphatic rings. The van der Waals surface area contributed by atoms with Gasteiger partial charge in [0, 0.05) is 41.6 Å². The molecular weight excluding hydrogens is 522 g/mol. The first-order valence-corrected chi connectivity index (χ1v) is 13.2. The minimum absolute atomic E-state index is 0.0437. The highest BCUT2D eigenvalue weighted by Gasteiger charge is 2.42. The van der Waals surface area contributed by atoms with Gasteiger partial charge in [0.2, 0.25) is 0 Å². The van der Waals surface area contributed by atoms with Crippen molar-refractivity contribution in [1.82, 2.24) is 14.9 Å². The van der Waals surface area contributed by atoms with E-state index in [0.29, 0.717) is 5.11 Å². The van der Waals surface area contributed by atoms with Gasteiger partial charge in [0.05, 0.1) is 16.7 Å². The lowest BCUT2D eigenvalue weighted by Crippen LogP contribution is -2.30. The number of aryl methyl sites for hydroxylation is 1. The van der Waals surface area contributed by atoms with Gasteiger partial charge in [0.1, 0.15) is 17.5 Å². The van der Waals surface area contributed by atoms with Crippen molar-refractivity contribution in [2.75, 3.05) is 4.90 Å². The van der Waals surface area contributed by atoms with E-state index in [1.165, 1.54) is 12.1 Å². The fourth-order valence-corrected chi connectivity index (χ4v) is 5.36. The Bertz CT molecular complexity index is 1670. The maximum atomic E-state index is 11.2. The predicted molar refractivity (Wildman–Crippen MR) is 158 cm³/mol. The summed E-state index contributed by atoms with van der Waals surface area (Å²) in [6.07, 6.45) is 3.72. The summed E-state index contributed by atoms with van der Waals surface area (Å²) >= 11 is 5.88. The molecule has 1 aliphatic heterocycles. The van der Waals surface area contributed by atoms with E-state index >= 15 is 0 Å². The topological polar surface area (TPSA) is 85.5 Å². The molecule has 5 aromatic rings. The molecule has 0 radical (unpaired) electrons. The van der Waals surface area contributed by atoms with Gasteiger partial charge in [0.25, 0.3) is 5.69 Å². The van der Waals surface area contributed by atoms with E-state index < -0.39 is 4.92 Å². The van der Waals surface area contributed by atoms with Crippen LogP contribution < -0.4 is 15.0 Å². The van der Waals surface area contributed by atoms with Crippen LogP contribution in [-0.2, 0) is 0 Å². The smallest absolute Gasteiger partial charge is 0.269 e. The van der Waals surface area contributed by atoms with Gasteiger partial charge in [-0.25, -0.2) is 0 Å². The van der Waals surface area contributed by atoms with E-state index in [-0.39, 0.29) is 17.8 Å². The molecule has 3 heterocycles. The summed E-state index contributed by atoms with van der Waals surface area (Å²) < 4.78 is 8.15. The van der Waals surface area contributed by atoms with Crippen LogP contribution in [0.3, 0.4) is 0 Å². The van der Waals surface area contributed by atoms with Crippen molar-refractivity contribution in [3.05, 3.63) is 143 Å². The molecule has 1 saturated heterocycles. The Hall–Kier alpha value is -5.02. The van der Waals surface area contributed by atoms with E-state index in [0.717, 1.165) is 39.8 Å². The largest absolute Gasteiger partial charge is 0.457 e. The van der Waals surface area contributed by atoms with Crippen molar-refractivity contribution in [2.24, 2.45) is 0 Å². The summed E-state index contributed by atoms with van der Waals surface area (Å²) in [6.45, 7) is 2.01. The molecule has 3 aromatic carbocycles. The number of benzene rings is 3. The number of non-ortho nitro benzene ring substituents is 1. The summed E-state index contributed by atoms with van der Waals surface area (Å²) in [5.74, 6) is 1.53. The second kappa shape index (κ2) is 10.6. The van der Waals surface area contributed by atoms with Crippen molar-refractivity contribution in [3.63, 3.8) is 0 Å². The zero-order chi connectivity index (χ0) is 27.6. The third-order valence-electron chi connectivity index (χ3n) is 6.96. The molecule has 8 nitrogen and oxygen atoms in total. The molecule has 2 aromatic heterocycles. The Labute approximate surface area is 236 Å². The van der Waals surface area contributed by atoms with Crippen molar-refractivity contribution in [3.8, 4) is 17.2 Å². The standard InChI is InChI=1S/C31H25N5O3S/c1-21-7-2-3-10-28(21)39-25-17-15-23(16-18-25)35-30(29(33-31(35)40)26-8-4-5-19-32-26)27-9-6-20-34(27)22-11-13-24(14-12-22)36(37)38/h2-20,29-30H,1H3,(H,33,40)/t29-,30-/m0/s1. The van der Waals surface area contributed by atoms with Gasteiger partial charge < -0.3 is 19.5 Å². The lowest BCUT2D eigenvalue weighted by Gasteiger charge is -2.29. The third-order valence-corrected chi connectivity index (χ3v) is 7.27. The van der Waals surface area contributed by atoms with Crippen LogP contribution in [0.2, 0.25) is 0 Å². The summed E-state index contributed by atoms with van der Waals surface area (Å²) in [5, 5.41) is 15.3. The van der Waals surface area contributed by atoms with Crippen LogP contribution in [-0.4, -0.2) is 19.6 Å². The fourth-order valence-electron chi connectivity index (χ4n) is 5.01. The quantitative estimate of drug-likeness (QED) is 0.133. The zero-order valence-corrected chi connectivity index (χ0v) is 22.4. The van der Waals surface area contributed by atoms with Crippen LogP contribution in [0.1, 0.15) is 29.0 Å². The Balaban J connectivity index is 1.39. The van der Waals surface area contributed by atoms with Gasteiger partial charge in [-0.05, 0) is 91.4 Å². The number of nitrogens with zero attached hydrogens (tertiary/aromatic N) is 4. The third kappa shape index (κ3) is 4.78. The summed E-state index contributed by atoms with van der Waals surface area (Å²) in [7, 11) is 0. The highest BCUT2D eigenvalue weighted by molar-refractivity contribution is 7.80. The molecule has 0 bridgehead atoms. The predicted octanol–water partition coefficient (Wildman–Crippen LogP) is 7.06. The second-order valence-corrected chi connectivity index (χ2v) is 9.82. The number of nitro groups is 1. The molecule has 2 atom stereocenters. The van der Waals surface area contributed by atoms with E-state index in [1.807, 2.05) is 96.6 Å². The molecule has 0 unspecified atom stereocenters. The van der Waals surface area contributed by atoms with E-state index in [9.17, 15) is 10.1 Å². The number of nitro benzene ring substituents is 1. The van der Waals surface area contributed by atoms with Gasteiger partial charge in [-0.1, -0.05) is 24.3 Å². The van der Waals surface area contributed by atoms with Crippen LogP contribution in [0, 0.1) is 17.0 Å². The van der Waals surface area contributed by atoms with Crippen LogP contribution in [0.4, 0.5) is 11.4 Å². The Kier molecular flexibility index (Phi) is 6.71. The number of hydrogen-bond acceptors (Lipinski definition) is 5. The highest BCUT2D eigenvalue weighted by Crippen LogP contribution is 2.42. The van der Waals surface area contributed by atoms with Crippen molar-refractivity contribution < 1.29 is 9.66 Å². The first kappa shape index (κ1) is 25.3. The van der Waals surface area contributed by atoms with E-state index in [4.69, 9.17) is 17.0 Å². The minimum atomic E-state index is -0.398. The normalized spacial score (nSPS) is 16.5. The van der Waals surface area contributed by atoms with E-state index in [2.05, 4.69) is 15.2 Å². The second-order valence-electron chi connectivity index (χ2n) is 9.43. The average Bonchev–Trinajstić information content (AvgIpc) is 3.59. The number of hydrogen-bond donors (Lipinski definition) is 1. The maximum Gasteiger partial charge on any atom is 0.269 e. The summed E-state index contributed by atoms with van der Waals surface area (Å²) in [5.41, 5.74) is 4.62. The van der Waals surface area contributed by atoms with Crippen molar-refractivity contribution >= 4 is 28.7 Å². The molecule has 0 spiro atoms. The number of pyridine rings is 1. The molecule has 0 amide bonds. The molecule has 6 rings (SSSR count). The van der Waals surface area contributed by atoms with Crippen molar-refractivity contribution in [1.29, 1.82) is 0 Å². The Morgan fingerprint density at radius 1 is 0.900 bits per heavy atom. The molecule has 0 saturated carbocycles. The molecule has 9 heteroatoms. The first-order chi connectivity index (χ1) is 19.5. The Morgan fingerprint density at radius 2 is 1.62 bits per heavy atom. The average molecular weight is 548 g/mol. The van der Waals surface area contributed by atoms with Crippen LogP contribution in [0.5, 0.6) is 11.5 Å². The van der Waals surface area contributed by atoms with Gasteiger partial charge in [-0.15, -0.1) is 0 Å². The number of thiocarbonyl (C=S) groups is 1. The van der Waals surface area contributed by atoms with Gasteiger partial charge in [-0.3, -0.25) is 15.1 Å². The number of ether oxygens (including phenoxy) is 1. The lowest BCUT2D eigenvalue weighted by atomic mass is 10.0. The van der Waals surface area contributed by atoms with Crippen molar-refractivity contribution in [2.45, 2.75) is 19.0 Å². The summed E-state index contributed by atoms with van der Waals surface area (Å²) in [6, 6.07) is 31.6. The zero-order valence-electron chi connectivity index (χ0n) is 21.5. The Morgan fingerprint density at radius 3 is 2.33 bits per heavy atom. The van der Waals surface area contributed by atoms with Crippen LogP contribution >= 0.6 is 12.2 Å². The number of rotatable bonds is 7. The first-order valence-electron chi connectivity index (χ1n) is 12.8. The van der Waals surface area contributed by atoms with Gasteiger partial charge in [-0.2, -0.15) is 0 Å². The molecule has 198 valence electrons. The minimum Gasteiger partial charge on any atom is -0.457 e. The SMILES string of the molecule is Cc1ccccc1Oc1ccc(N2C(=S)N[C@@H](c3ccccn3)[C@@H]2c2cccn2-c2ccc([N+](=O)[O-])cc2)cc1. The van der Waals surface area contributed by atoms with Gasteiger partial charge in [0.15, 0.2) is 5.11 Å². The number of para-hydroxylation sites is 1. The molecule has 1 fully saturated rings. The molecule has 40 heavy (non-hydrogen) atoms. The highest BCUT2D eigenvalue weighted by atomic mass is 32.1. The molecule has 0 aliphatic carbocycles. The van der Waals surface area contributed by atoms with Gasteiger partial charge >= 0.3 is 0 Å². The lowest BCUT2D eigenvalue weighted by molar-refractivity contribution is -0.384. The maximum absolute atomic E-state index is 11.2. The number of anilines is 1.